The van der Waals surface area contributed by atoms with Gasteiger partial charge in [-0.3, -0.25) is 4.79 Å². The normalized spacial score (nSPS) is 34.5. The summed E-state index contributed by atoms with van der Waals surface area (Å²) in [5.74, 6) is 1.53. The molecule has 3 fully saturated rings. The van der Waals surface area contributed by atoms with Gasteiger partial charge >= 0.3 is 0 Å². The van der Waals surface area contributed by atoms with E-state index in [1.54, 1.807) is 0 Å². The lowest BCUT2D eigenvalue weighted by Gasteiger charge is -2.54. The fourth-order valence-corrected chi connectivity index (χ4v) is 4.37. The van der Waals surface area contributed by atoms with Gasteiger partial charge in [0, 0.05) is 30.4 Å². The van der Waals surface area contributed by atoms with Gasteiger partial charge < -0.3 is 15.4 Å². The number of fused-ring (bicyclic) bond motifs is 1. The zero-order valence-corrected chi connectivity index (χ0v) is 14.0. The van der Waals surface area contributed by atoms with Crippen LogP contribution < -0.4 is 10.6 Å². The Morgan fingerprint density at radius 2 is 2.00 bits per heavy atom. The molecule has 3 rings (SSSR count). The van der Waals surface area contributed by atoms with Crippen LogP contribution in [0.15, 0.2) is 0 Å². The van der Waals surface area contributed by atoms with Crippen LogP contribution >= 0.6 is 12.4 Å². The van der Waals surface area contributed by atoms with Crippen molar-refractivity contribution in [3.05, 3.63) is 0 Å². The molecule has 2 saturated heterocycles. The molecule has 0 spiro atoms. The van der Waals surface area contributed by atoms with E-state index in [0.29, 0.717) is 24.5 Å². The van der Waals surface area contributed by atoms with E-state index >= 15 is 0 Å². The van der Waals surface area contributed by atoms with Gasteiger partial charge in [-0.1, -0.05) is 13.8 Å². The Balaban J connectivity index is 0.00000161. The highest BCUT2D eigenvalue weighted by Gasteiger charge is 2.59. The molecule has 0 aromatic heterocycles. The van der Waals surface area contributed by atoms with E-state index in [9.17, 15) is 4.79 Å². The van der Waals surface area contributed by atoms with Crippen molar-refractivity contribution in [2.45, 2.75) is 58.1 Å². The first-order chi connectivity index (χ1) is 9.59. The Morgan fingerprint density at radius 3 is 2.71 bits per heavy atom. The second kappa shape index (κ2) is 6.84. The topological polar surface area (TPSA) is 50.4 Å². The zero-order valence-electron chi connectivity index (χ0n) is 13.2. The van der Waals surface area contributed by atoms with E-state index < -0.39 is 0 Å². The van der Waals surface area contributed by atoms with Gasteiger partial charge in [0.1, 0.15) is 0 Å². The van der Waals surface area contributed by atoms with Crippen LogP contribution in [0.2, 0.25) is 0 Å². The third kappa shape index (κ3) is 3.38. The molecule has 0 bridgehead atoms. The number of rotatable bonds is 4. The number of piperidine rings is 1. The van der Waals surface area contributed by atoms with Crippen LogP contribution in [0, 0.1) is 17.3 Å². The van der Waals surface area contributed by atoms with Crippen molar-refractivity contribution in [3.63, 3.8) is 0 Å². The number of halogens is 1. The predicted molar refractivity (Wildman–Crippen MR) is 85.6 cm³/mol. The Kier molecular flexibility index (Phi) is 5.55. The van der Waals surface area contributed by atoms with Gasteiger partial charge in [-0.15, -0.1) is 12.4 Å². The smallest absolute Gasteiger partial charge is 0.220 e. The summed E-state index contributed by atoms with van der Waals surface area (Å²) in [7, 11) is 0. The molecule has 21 heavy (non-hydrogen) atoms. The minimum Gasteiger partial charge on any atom is -0.377 e. The van der Waals surface area contributed by atoms with Crippen molar-refractivity contribution in [2.24, 2.45) is 17.3 Å². The minimum absolute atomic E-state index is 0. The van der Waals surface area contributed by atoms with Crippen LogP contribution in [-0.4, -0.2) is 37.7 Å². The highest BCUT2D eigenvalue weighted by Crippen LogP contribution is 2.52. The van der Waals surface area contributed by atoms with Crippen LogP contribution in [-0.2, 0) is 9.53 Å². The molecule has 3 aliphatic rings. The number of ether oxygens (including phenoxy) is 1. The van der Waals surface area contributed by atoms with Crippen LogP contribution in [0.4, 0.5) is 0 Å². The van der Waals surface area contributed by atoms with E-state index in [2.05, 4.69) is 24.5 Å². The number of carbonyl (C=O) groups is 1. The van der Waals surface area contributed by atoms with Gasteiger partial charge in [-0.2, -0.15) is 0 Å². The maximum Gasteiger partial charge on any atom is 0.220 e. The third-order valence-corrected chi connectivity index (χ3v) is 5.66. The summed E-state index contributed by atoms with van der Waals surface area (Å²) < 4.78 is 5.78. The number of hydrogen-bond donors (Lipinski definition) is 2. The van der Waals surface area contributed by atoms with E-state index in [1.165, 1.54) is 12.8 Å². The van der Waals surface area contributed by atoms with E-state index in [-0.39, 0.29) is 23.7 Å². The summed E-state index contributed by atoms with van der Waals surface area (Å²) >= 11 is 0. The lowest BCUT2D eigenvalue weighted by Crippen LogP contribution is -2.66. The van der Waals surface area contributed by atoms with Gasteiger partial charge in [-0.05, 0) is 44.7 Å². The van der Waals surface area contributed by atoms with Gasteiger partial charge in [0.25, 0.3) is 0 Å². The first kappa shape index (κ1) is 17.0. The SMILES string of the molecule is CC1(C)C(NC(=O)CCC2CCNCC2)C2CCOC21.Cl. The minimum atomic E-state index is 0. The molecule has 5 heteroatoms. The zero-order chi connectivity index (χ0) is 14.2. The molecule has 0 aromatic rings. The van der Waals surface area contributed by atoms with Crippen LogP contribution in [0.1, 0.15) is 46.0 Å². The van der Waals surface area contributed by atoms with Crippen molar-refractivity contribution >= 4 is 18.3 Å². The van der Waals surface area contributed by atoms with Crippen LogP contribution in [0.25, 0.3) is 0 Å². The summed E-state index contributed by atoms with van der Waals surface area (Å²) in [6, 6.07) is 0.315. The molecule has 1 saturated carbocycles. The second-order valence-electron chi connectivity index (χ2n) is 7.34. The Hall–Kier alpha value is -0.320. The molecule has 3 unspecified atom stereocenters. The summed E-state index contributed by atoms with van der Waals surface area (Å²) in [6.07, 6.45) is 5.65. The molecule has 2 N–H and O–H groups in total. The molecule has 0 aromatic carbocycles. The van der Waals surface area contributed by atoms with Crippen molar-refractivity contribution in [3.8, 4) is 0 Å². The van der Waals surface area contributed by atoms with Gasteiger partial charge in [0.2, 0.25) is 5.91 Å². The Bertz CT molecular complexity index is 369. The summed E-state index contributed by atoms with van der Waals surface area (Å²) in [5, 5.41) is 6.66. The average molecular weight is 317 g/mol. The van der Waals surface area contributed by atoms with Crippen LogP contribution in [0.5, 0.6) is 0 Å². The van der Waals surface area contributed by atoms with Crippen molar-refractivity contribution in [2.75, 3.05) is 19.7 Å². The molecule has 2 aliphatic heterocycles. The lowest BCUT2D eigenvalue weighted by molar-refractivity contribution is -0.138. The number of amides is 1. The average Bonchev–Trinajstić information content (AvgIpc) is 2.91. The molecule has 2 heterocycles. The van der Waals surface area contributed by atoms with Gasteiger partial charge in [0.15, 0.2) is 0 Å². The van der Waals surface area contributed by atoms with Gasteiger partial charge in [0.05, 0.1) is 6.10 Å². The first-order valence-electron chi connectivity index (χ1n) is 8.20. The standard InChI is InChI=1S/C16H28N2O2.ClH/c1-16(2)14(12-7-10-20-15(12)16)18-13(19)4-3-11-5-8-17-9-6-11;/h11-12,14-15,17H,3-10H2,1-2H3,(H,18,19);1H. The molecule has 1 aliphatic carbocycles. The number of carbonyl (C=O) groups excluding carboxylic acids is 1. The summed E-state index contributed by atoms with van der Waals surface area (Å²) in [6.45, 7) is 7.53. The quantitative estimate of drug-likeness (QED) is 0.835. The lowest BCUT2D eigenvalue weighted by atomic mass is 9.57. The molecular weight excluding hydrogens is 288 g/mol. The molecule has 3 atom stereocenters. The van der Waals surface area contributed by atoms with E-state index in [4.69, 9.17) is 4.74 Å². The van der Waals surface area contributed by atoms with E-state index in [0.717, 1.165) is 38.5 Å². The molecule has 1 amide bonds. The molecular formula is C16H29ClN2O2. The fraction of sp³-hybridized carbons (Fsp3) is 0.938. The van der Waals surface area contributed by atoms with Gasteiger partial charge in [-0.25, -0.2) is 0 Å². The highest BCUT2D eigenvalue weighted by atomic mass is 35.5. The van der Waals surface area contributed by atoms with Crippen LogP contribution in [0.3, 0.4) is 0 Å². The Labute approximate surface area is 134 Å². The number of nitrogens with one attached hydrogen (secondary N) is 2. The fourth-order valence-electron chi connectivity index (χ4n) is 4.37. The van der Waals surface area contributed by atoms with E-state index in [1.807, 2.05) is 0 Å². The third-order valence-electron chi connectivity index (χ3n) is 5.66. The highest BCUT2D eigenvalue weighted by molar-refractivity contribution is 5.85. The number of hydrogen-bond acceptors (Lipinski definition) is 3. The maximum absolute atomic E-state index is 12.2. The molecule has 0 radical (unpaired) electrons. The van der Waals surface area contributed by atoms with Crippen molar-refractivity contribution in [1.82, 2.24) is 10.6 Å². The largest absolute Gasteiger partial charge is 0.377 e. The summed E-state index contributed by atoms with van der Waals surface area (Å²) in [5.41, 5.74) is 0.103. The Morgan fingerprint density at radius 1 is 1.29 bits per heavy atom. The monoisotopic (exact) mass is 316 g/mol. The summed E-state index contributed by atoms with van der Waals surface area (Å²) in [4.78, 5) is 12.2. The second-order valence-corrected chi connectivity index (χ2v) is 7.34. The maximum atomic E-state index is 12.2. The van der Waals surface area contributed by atoms with Crippen molar-refractivity contribution < 1.29 is 9.53 Å². The van der Waals surface area contributed by atoms with Crippen molar-refractivity contribution in [1.29, 1.82) is 0 Å². The molecule has 122 valence electrons. The first-order valence-corrected chi connectivity index (χ1v) is 8.20. The molecule has 4 nitrogen and oxygen atoms in total. The predicted octanol–water partition coefficient (Wildman–Crippen LogP) is 2.12.